The number of pyridine rings is 1. The van der Waals surface area contributed by atoms with Crippen LogP contribution in [0.15, 0.2) is 53.3 Å². The number of hydrogen-bond acceptors (Lipinski definition) is 2. The van der Waals surface area contributed by atoms with Crippen molar-refractivity contribution in [3.8, 4) is 0 Å². The molecule has 0 radical (unpaired) electrons. The van der Waals surface area contributed by atoms with Crippen LogP contribution in [0.2, 0.25) is 0 Å². The van der Waals surface area contributed by atoms with Crippen LogP contribution in [0.3, 0.4) is 0 Å². The molecule has 0 amide bonds. The molecular formula is C22H25F3N4O+2. The predicted molar refractivity (Wildman–Crippen MR) is 106 cm³/mol. The van der Waals surface area contributed by atoms with E-state index in [9.17, 15) is 18.0 Å². The van der Waals surface area contributed by atoms with Gasteiger partial charge in [0.05, 0.1) is 5.56 Å². The summed E-state index contributed by atoms with van der Waals surface area (Å²) in [7, 11) is 0. The Morgan fingerprint density at radius 1 is 0.967 bits per heavy atom. The van der Waals surface area contributed by atoms with Crippen molar-refractivity contribution in [2.75, 3.05) is 26.2 Å². The summed E-state index contributed by atoms with van der Waals surface area (Å²) in [5, 5.41) is 0. The van der Waals surface area contributed by atoms with Crippen LogP contribution in [0.4, 0.5) is 13.2 Å². The minimum absolute atomic E-state index is 0.0682. The van der Waals surface area contributed by atoms with Crippen LogP contribution in [0.1, 0.15) is 22.5 Å². The number of aryl methyl sites for hydroxylation is 1. The number of fused-ring (bicyclic) bond motifs is 1. The largest absolute Gasteiger partial charge is 0.416 e. The van der Waals surface area contributed by atoms with E-state index >= 15 is 0 Å². The molecule has 1 aliphatic rings. The number of alkyl halides is 3. The molecule has 3 aromatic rings. The van der Waals surface area contributed by atoms with E-state index in [4.69, 9.17) is 0 Å². The van der Waals surface area contributed by atoms with Crippen LogP contribution in [-0.2, 0) is 19.3 Å². The average Bonchev–Trinajstić information content (AvgIpc) is 2.69. The first-order chi connectivity index (χ1) is 14.3. The summed E-state index contributed by atoms with van der Waals surface area (Å²) < 4.78 is 40.3. The van der Waals surface area contributed by atoms with Gasteiger partial charge in [-0.25, -0.2) is 4.98 Å². The third kappa shape index (κ3) is 4.55. The standard InChI is InChI=1S/C22H23F3N4O/c1-16-4-2-7-20-26-19(13-21(30)29(16)20)15-28-10-8-27(9-11-28)14-17-5-3-6-18(12-17)22(23,24)25/h2-7,12-13H,8-11,14-15H2,1H3/p+2. The van der Waals surface area contributed by atoms with Crippen molar-refractivity contribution >= 4 is 5.65 Å². The molecule has 2 aromatic heterocycles. The van der Waals surface area contributed by atoms with Crippen LogP contribution in [-0.4, -0.2) is 35.6 Å². The lowest BCUT2D eigenvalue weighted by molar-refractivity contribution is -1.02. The first-order valence-corrected chi connectivity index (χ1v) is 10.1. The van der Waals surface area contributed by atoms with Crippen LogP contribution in [0.25, 0.3) is 5.65 Å². The Morgan fingerprint density at radius 2 is 1.63 bits per heavy atom. The molecule has 0 aliphatic carbocycles. The number of halogens is 3. The maximum Gasteiger partial charge on any atom is 0.416 e. The fourth-order valence-corrected chi connectivity index (χ4v) is 4.17. The molecule has 0 bridgehead atoms. The topological polar surface area (TPSA) is 43.2 Å². The summed E-state index contributed by atoms with van der Waals surface area (Å²) in [5.41, 5.74) is 2.35. The number of rotatable bonds is 4. The lowest BCUT2D eigenvalue weighted by Gasteiger charge is -2.29. The zero-order chi connectivity index (χ0) is 21.3. The molecule has 1 saturated heterocycles. The van der Waals surface area contributed by atoms with Gasteiger partial charge in [0.15, 0.2) is 0 Å². The van der Waals surface area contributed by atoms with E-state index in [0.717, 1.165) is 43.6 Å². The number of quaternary nitrogens is 2. The van der Waals surface area contributed by atoms with Crippen molar-refractivity contribution in [1.29, 1.82) is 0 Å². The van der Waals surface area contributed by atoms with Gasteiger partial charge in [0, 0.05) is 17.3 Å². The molecule has 158 valence electrons. The normalized spacial score (nSPS) is 19.9. The summed E-state index contributed by atoms with van der Waals surface area (Å²) in [5.74, 6) is 0. The van der Waals surface area contributed by atoms with Gasteiger partial charge in [-0.15, -0.1) is 0 Å². The van der Waals surface area contributed by atoms with Gasteiger partial charge < -0.3 is 9.80 Å². The molecule has 0 spiro atoms. The molecule has 2 N–H and O–H groups in total. The van der Waals surface area contributed by atoms with Crippen molar-refractivity contribution < 1.29 is 23.0 Å². The van der Waals surface area contributed by atoms with E-state index in [0.29, 0.717) is 24.3 Å². The number of nitrogens with one attached hydrogen (secondary N) is 2. The minimum atomic E-state index is -4.31. The summed E-state index contributed by atoms with van der Waals surface area (Å²) in [4.78, 5) is 19.7. The molecule has 1 fully saturated rings. The molecule has 1 aliphatic heterocycles. The monoisotopic (exact) mass is 418 g/mol. The van der Waals surface area contributed by atoms with Gasteiger partial charge in [-0.1, -0.05) is 18.2 Å². The van der Waals surface area contributed by atoms with Crippen LogP contribution >= 0.6 is 0 Å². The highest BCUT2D eigenvalue weighted by Gasteiger charge is 2.31. The Bertz CT molecular complexity index is 1100. The molecule has 4 rings (SSSR count). The van der Waals surface area contributed by atoms with Gasteiger partial charge in [0.25, 0.3) is 5.56 Å². The fraction of sp³-hybridized carbons (Fsp3) is 0.364. The zero-order valence-corrected chi connectivity index (χ0v) is 16.8. The van der Waals surface area contributed by atoms with Crippen molar-refractivity contribution in [3.63, 3.8) is 0 Å². The van der Waals surface area contributed by atoms with Gasteiger partial charge in [-0.3, -0.25) is 9.20 Å². The van der Waals surface area contributed by atoms with Crippen molar-refractivity contribution in [2.24, 2.45) is 0 Å². The average molecular weight is 418 g/mol. The van der Waals surface area contributed by atoms with Crippen molar-refractivity contribution in [1.82, 2.24) is 9.38 Å². The van der Waals surface area contributed by atoms with Gasteiger partial charge >= 0.3 is 6.18 Å². The molecule has 30 heavy (non-hydrogen) atoms. The number of benzene rings is 1. The summed E-state index contributed by atoms with van der Waals surface area (Å²) in [6.45, 7) is 6.68. The first kappa shape index (κ1) is 20.6. The molecule has 5 nitrogen and oxygen atoms in total. The Labute approximate surface area is 172 Å². The maximum absolute atomic E-state index is 12.9. The molecule has 0 unspecified atom stereocenters. The lowest BCUT2D eigenvalue weighted by Crippen LogP contribution is -3.27. The van der Waals surface area contributed by atoms with E-state index in [1.165, 1.54) is 21.9 Å². The Balaban J connectivity index is 1.37. The van der Waals surface area contributed by atoms with Crippen molar-refractivity contribution in [3.05, 3.63) is 81.4 Å². The second-order valence-electron chi connectivity index (χ2n) is 8.00. The number of piperazine rings is 1. The van der Waals surface area contributed by atoms with E-state index in [1.807, 2.05) is 25.1 Å². The number of hydrogen-bond donors (Lipinski definition) is 2. The molecule has 0 saturated carbocycles. The van der Waals surface area contributed by atoms with E-state index in [2.05, 4.69) is 4.98 Å². The van der Waals surface area contributed by atoms with Gasteiger partial charge in [0.1, 0.15) is 50.6 Å². The van der Waals surface area contributed by atoms with Gasteiger partial charge in [-0.2, -0.15) is 13.2 Å². The summed E-state index contributed by atoms with van der Waals surface area (Å²) in [6.07, 6.45) is -4.31. The van der Waals surface area contributed by atoms with E-state index in [1.54, 1.807) is 16.5 Å². The fourth-order valence-electron chi connectivity index (χ4n) is 4.17. The molecule has 1 aromatic carbocycles. The highest BCUT2D eigenvalue weighted by molar-refractivity contribution is 5.40. The smallest absolute Gasteiger partial charge is 0.322 e. The van der Waals surface area contributed by atoms with Gasteiger partial charge in [0.2, 0.25) is 0 Å². The summed E-state index contributed by atoms with van der Waals surface area (Å²) >= 11 is 0. The third-order valence-electron chi connectivity index (χ3n) is 5.74. The van der Waals surface area contributed by atoms with Crippen LogP contribution < -0.4 is 15.4 Å². The highest BCUT2D eigenvalue weighted by atomic mass is 19.4. The van der Waals surface area contributed by atoms with E-state index in [-0.39, 0.29) is 5.56 Å². The lowest BCUT2D eigenvalue weighted by atomic mass is 10.1. The second-order valence-corrected chi connectivity index (χ2v) is 8.00. The maximum atomic E-state index is 12.9. The molecule has 3 heterocycles. The summed E-state index contributed by atoms with van der Waals surface area (Å²) in [6, 6.07) is 12.8. The number of nitrogens with zero attached hydrogens (tertiary/aromatic N) is 2. The minimum Gasteiger partial charge on any atom is -0.322 e. The van der Waals surface area contributed by atoms with Crippen molar-refractivity contribution in [2.45, 2.75) is 26.2 Å². The Kier molecular flexibility index (Phi) is 5.62. The molecular weight excluding hydrogens is 393 g/mol. The number of aromatic nitrogens is 2. The first-order valence-electron chi connectivity index (χ1n) is 10.1. The van der Waals surface area contributed by atoms with Crippen LogP contribution in [0.5, 0.6) is 0 Å². The second kappa shape index (κ2) is 8.20. The SMILES string of the molecule is Cc1cccc2nc(C[NH+]3CC[NH+](Cc4cccc(C(F)(F)F)c4)CC3)cc(=O)n12. The highest BCUT2D eigenvalue weighted by Crippen LogP contribution is 2.29. The Morgan fingerprint density at radius 3 is 2.33 bits per heavy atom. The third-order valence-corrected chi connectivity index (χ3v) is 5.74. The zero-order valence-electron chi connectivity index (χ0n) is 16.8. The van der Waals surface area contributed by atoms with Crippen LogP contribution in [0, 0.1) is 6.92 Å². The predicted octanol–water partition coefficient (Wildman–Crippen LogP) is 0.505. The quantitative estimate of drug-likeness (QED) is 0.649. The van der Waals surface area contributed by atoms with E-state index < -0.39 is 11.7 Å². The Hall–Kier alpha value is -2.71. The van der Waals surface area contributed by atoms with Gasteiger partial charge in [-0.05, 0) is 31.2 Å². The molecule has 8 heteroatoms. The molecule has 0 atom stereocenters.